The normalized spacial score (nSPS) is 19.0. The number of nitrogens with one attached hydrogen (secondary N) is 1. The fourth-order valence-electron chi connectivity index (χ4n) is 3.54. The molecule has 7 nitrogen and oxygen atoms in total. The van der Waals surface area contributed by atoms with Gasteiger partial charge in [0, 0.05) is 13.1 Å². The summed E-state index contributed by atoms with van der Waals surface area (Å²) in [6, 6.07) is 0. The van der Waals surface area contributed by atoms with E-state index in [1.165, 1.54) is 23.5 Å². The molecular formula is C16H18ClN5O2S. The monoisotopic (exact) mass is 379 g/mol. The van der Waals surface area contributed by atoms with E-state index in [1.54, 1.807) is 4.90 Å². The van der Waals surface area contributed by atoms with Gasteiger partial charge >= 0.3 is 0 Å². The fourth-order valence-corrected chi connectivity index (χ4v) is 4.05. The number of piperidine rings is 1. The summed E-state index contributed by atoms with van der Waals surface area (Å²) in [5.74, 6) is -0.154. The van der Waals surface area contributed by atoms with Crippen molar-refractivity contribution in [1.82, 2.24) is 25.1 Å². The summed E-state index contributed by atoms with van der Waals surface area (Å²) in [5.41, 5.74) is 2.19. The maximum Gasteiger partial charge on any atom is 0.274 e. The number of hydrogen-bond acceptors (Lipinski definition) is 6. The van der Waals surface area contributed by atoms with Crippen molar-refractivity contribution in [3.05, 3.63) is 34.4 Å². The lowest BCUT2D eigenvalue weighted by Gasteiger charge is -2.43. The molecule has 25 heavy (non-hydrogen) atoms. The summed E-state index contributed by atoms with van der Waals surface area (Å²) in [6.45, 7) is 1.87. The smallest absolute Gasteiger partial charge is 0.274 e. The maximum absolute atomic E-state index is 12.8. The molecule has 132 valence electrons. The van der Waals surface area contributed by atoms with Gasteiger partial charge in [0.25, 0.3) is 5.91 Å². The zero-order valence-electron chi connectivity index (χ0n) is 13.8. The second kappa shape index (κ2) is 6.59. The van der Waals surface area contributed by atoms with Gasteiger partial charge in [-0.05, 0) is 31.1 Å². The second-order valence-corrected chi connectivity index (χ2v) is 7.39. The van der Waals surface area contributed by atoms with E-state index in [-0.39, 0.29) is 22.2 Å². The highest BCUT2D eigenvalue weighted by molar-refractivity contribution is 7.98. The summed E-state index contributed by atoms with van der Waals surface area (Å²) >= 11 is 7.53. The standard InChI is InChI=1S/C16H18ClN5O2S/c1-25-15-18-9-11(17)12(20-15)14(23)22-5-3-16(4-6-22)13-10(2-7-24-16)8-19-21-13/h8-9H,2-7H2,1H3,(H,19,21). The lowest BCUT2D eigenvalue weighted by molar-refractivity contribution is -0.0962. The number of rotatable bonds is 2. The quantitative estimate of drug-likeness (QED) is 0.636. The molecule has 1 spiro atoms. The average Bonchev–Trinajstić information content (AvgIpc) is 3.13. The van der Waals surface area contributed by atoms with Gasteiger partial charge in [-0.3, -0.25) is 9.89 Å². The molecule has 0 aromatic carbocycles. The molecule has 0 unspecified atom stereocenters. The average molecular weight is 380 g/mol. The van der Waals surface area contributed by atoms with E-state index in [4.69, 9.17) is 16.3 Å². The van der Waals surface area contributed by atoms with E-state index in [1.807, 2.05) is 12.5 Å². The number of thioether (sulfide) groups is 1. The number of H-pyrrole nitrogens is 1. The first kappa shape index (κ1) is 16.8. The number of hydrogen-bond donors (Lipinski definition) is 1. The Kier molecular flexibility index (Phi) is 4.43. The molecule has 2 aliphatic rings. The molecule has 2 aromatic heterocycles. The van der Waals surface area contributed by atoms with Crippen molar-refractivity contribution in [2.75, 3.05) is 26.0 Å². The Hall–Kier alpha value is -1.64. The summed E-state index contributed by atoms with van der Waals surface area (Å²) in [4.78, 5) is 23.0. The zero-order valence-corrected chi connectivity index (χ0v) is 15.4. The highest BCUT2D eigenvalue weighted by atomic mass is 35.5. The minimum Gasteiger partial charge on any atom is -0.368 e. The van der Waals surface area contributed by atoms with Gasteiger partial charge in [-0.2, -0.15) is 5.10 Å². The molecule has 2 aliphatic heterocycles. The number of likely N-dealkylation sites (tertiary alicyclic amines) is 1. The Balaban J connectivity index is 1.52. The van der Waals surface area contributed by atoms with Gasteiger partial charge in [0.2, 0.25) is 0 Å². The Labute approximate surface area is 154 Å². The van der Waals surface area contributed by atoms with Crippen LogP contribution < -0.4 is 0 Å². The molecule has 0 radical (unpaired) electrons. The number of halogens is 1. The molecule has 0 saturated carbocycles. The number of carbonyl (C=O) groups excluding carboxylic acids is 1. The van der Waals surface area contributed by atoms with Crippen molar-refractivity contribution in [1.29, 1.82) is 0 Å². The fraction of sp³-hybridized carbons (Fsp3) is 0.500. The van der Waals surface area contributed by atoms with E-state index in [9.17, 15) is 4.79 Å². The molecule has 0 atom stereocenters. The third-order valence-electron chi connectivity index (χ3n) is 4.89. The summed E-state index contributed by atoms with van der Waals surface area (Å²) in [6.07, 6.45) is 7.56. The molecule has 0 bridgehead atoms. The predicted octanol–water partition coefficient (Wildman–Crippen LogP) is 2.28. The number of fused-ring (bicyclic) bond motifs is 2. The van der Waals surface area contributed by atoms with Crippen LogP contribution in [0.4, 0.5) is 0 Å². The predicted molar refractivity (Wildman–Crippen MR) is 93.9 cm³/mol. The maximum atomic E-state index is 12.8. The van der Waals surface area contributed by atoms with Gasteiger partial charge in [-0.1, -0.05) is 23.4 Å². The van der Waals surface area contributed by atoms with Gasteiger partial charge in [0.1, 0.15) is 5.60 Å². The largest absolute Gasteiger partial charge is 0.368 e. The minimum atomic E-state index is -0.360. The van der Waals surface area contributed by atoms with Gasteiger partial charge in [-0.25, -0.2) is 9.97 Å². The number of nitrogens with zero attached hydrogens (tertiary/aromatic N) is 4. The van der Waals surface area contributed by atoms with Crippen LogP contribution in [0, 0.1) is 0 Å². The van der Waals surface area contributed by atoms with Crippen molar-refractivity contribution in [2.45, 2.75) is 30.0 Å². The van der Waals surface area contributed by atoms with Crippen molar-refractivity contribution < 1.29 is 9.53 Å². The highest BCUT2D eigenvalue weighted by Crippen LogP contribution is 2.40. The first-order valence-corrected chi connectivity index (χ1v) is 9.76. The lowest BCUT2D eigenvalue weighted by Crippen LogP contribution is -2.48. The topological polar surface area (TPSA) is 84.0 Å². The first-order valence-electron chi connectivity index (χ1n) is 8.15. The third-order valence-corrected chi connectivity index (χ3v) is 5.73. The van der Waals surface area contributed by atoms with E-state index in [2.05, 4.69) is 20.2 Å². The van der Waals surface area contributed by atoms with Crippen molar-refractivity contribution in [3.63, 3.8) is 0 Å². The van der Waals surface area contributed by atoms with Crippen LogP contribution in [0.1, 0.15) is 34.6 Å². The van der Waals surface area contributed by atoms with Crippen LogP contribution in [-0.2, 0) is 16.8 Å². The molecule has 2 aromatic rings. The first-order chi connectivity index (χ1) is 12.1. The molecule has 0 aliphatic carbocycles. The van der Waals surface area contributed by atoms with Gasteiger partial charge in [0.05, 0.1) is 29.7 Å². The van der Waals surface area contributed by atoms with Crippen molar-refractivity contribution in [3.8, 4) is 0 Å². The number of amides is 1. The molecule has 4 rings (SSSR count). The van der Waals surface area contributed by atoms with Crippen molar-refractivity contribution in [2.24, 2.45) is 0 Å². The van der Waals surface area contributed by atoms with E-state index < -0.39 is 0 Å². The number of ether oxygens (including phenoxy) is 1. The van der Waals surface area contributed by atoms with Crippen LogP contribution in [0.15, 0.2) is 17.6 Å². The highest BCUT2D eigenvalue weighted by Gasteiger charge is 2.43. The molecule has 9 heteroatoms. The van der Waals surface area contributed by atoms with Gasteiger partial charge in [-0.15, -0.1) is 0 Å². The van der Waals surface area contributed by atoms with Crippen LogP contribution in [0.5, 0.6) is 0 Å². The van der Waals surface area contributed by atoms with Gasteiger partial charge < -0.3 is 9.64 Å². The van der Waals surface area contributed by atoms with Crippen LogP contribution in [-0.4, -0.2) is 56.9 Å². The molecule has 1 amide bonds. The SMILES string of the molecule is CSc1ncc(Cl)c(C(=O)N2CCC3(CC2)OCCc2cn[nH]c23)n1. The number of aromatic amines is 1. The number of carbonyl (C=O) groups is 1. The van der Waals surface area contributed by atoms with E-state index >= 15 is 0 Å². The molecule has 1 N–H and O–H groups in total. The molecular weight excluding hydrogens is 362 g/mol. The Morgan fingerprint density at radius 3 is 2.96 bits per heavy atom. The van der Waals surface area contributed by atoms with Crippen LogP contribution in [0.2, 0.25) is 5.02 Å². The second-order valence-electron chi connectivity index (χ2n) is 6.21. The Morgan fingerprint density at radius 1 is 1.40 bits per heavy atom. The summed E-state index contributed by atoms with van der Waals surface area (Å²) < 4.78 is 6.12. The van der Waals surface area contributed by atoms with Crippen molar-refractivity contribution >= 4 is 29.3 Å². The molecule has 4 heterocycles. The Morgan fingerprint density at radius 2 is 2.20 bits per heavy atom. The summed E-state index contributed by atoms with van der Waals surface area (Å²) in [7, 11) is 0. The lowest BCUT2D eigenvalue weighted by atomic mass is 9.83. The minimum absolute atomic E-state index is 0.154. The Bertz CT molecular complexity index is 804. The molecule has 1 saturated heterocycles. The summed E-state index contributed by atoms with van der Waals surface area (Å²) in [5, 5.41) is 8.08. The van der Waals surface area contributed by atoms with E-state index in [0.29, 0.717) is 24.9 Å². The van der Waals surface area contributed by atoms with Crippen LogP contribution >= 0.6 is 23.4 Å². The molecule has 1 fully saturated rings. The number of aromatic nitrogens is 4. The van der Waals surface area contributed by atoms with Crippen LogP contribution in [0.3, 0.4) is 0 Å². The van der Waals surface area contributed by atoms with Crippen LogP contribution in [0.25, 0.3) is 0 Å². The van der Waals surface area contributed by atoms with E-state index in [0.717, 1.165) is 25.0 Å². The third kappa shape index (κ3) is 2.92. The zero-order chi connectivity index (χ0) is 17.4. The van der Waals surface area contributed by atoms with Gasteiger partial charge in [0.15, 0.2) is 10.9 Å².